The molecular formula is C36H30F6N4O5S4. The predicted octanol–water partition coefficient (Wildman–Crippen LogP) is 10.7. The van der Waals surface area contributed by atoms with E-state index in [-0.39, 0.29) is 55.9 Å². The van der Waals surface area contributed by atoms with E-state index in [1.165, 1.54) is 49.6 Å². The number of nitrogens with zero attached hydrogens (tertiary/aromatic N) is 4. The van der Waals surface area contributed by atoms with E-state index in [4.69, 9.17) is 8.83 Å². The monoisotopic (exact) mass is 840 g/mol. The summed E-state index contributed by atoms with van der Waals surface area (Å²) in [6, 6.07) is 11.3. The van der Waals surface area contributed by atoms with Crippen LogP contribution in [0.15, 0.2) is 89.3 Å². The average Bonchev–Trinajstić information content (AvgIpc) is 4.08. The summed E-state index contributed by atoms with van der Waals surface area (Å²) in [5.41, 5.74) is -5.52. The van der Waals surface area contributed by atoms with Crippen LogP contribution < -0.4 is 0 Å². The van der Waals surface area contributed by atoms with E-state index in [1.54, 1.807) is 24.0 Å². The Morgan fingerprint density at radius 2 is 1.35 bits per heavy atom. The topological polar surface area (TPSA) is 129 Å². The molecule has 55 heavy (non-hydrogen) atoms. The highest BCUT2D eigenvalue weighted by molar-refractivity contribution is 8.00. The molecule has 2 fully saturated rings. The number of hydrogen-bond acceptors (Lipinski definition) is 11. The van der Waals surface area contributed by atoms with Crippen molar-refractivity contribution in [3.8, 4) is 23.2 Å². The first kappa shape index (κ1) is 39.3. The van der Waals surface area contributed by atoms with Crippen molar-refractivity contribution < 1.29 is 47.8 Å². The molecule has 4 heterocycles. The first-order valence-electron chi connectivity index (χ1n) is 16.9. The zero-order valence-electron chi connectivity index (χ0n) is 28.9. The molecule has 0 N–H and O–H groups in total. The minimum atomic E-state index is -4.90. The Balaban J connectivity index is 0.000000170. The van der Waals surface area contributed by atoms with Crippen molar-refractivity contribution in [2.45, 2.75) is 82.0 Å². The number of rotatable bonds is 10. The fraction of sp³-hybridized carbons (Fsp3) is 0.333. The number of hydrogen-bond donors (Lipinski definition) is 0. The van der Waals surface area contributed by atoms with E-state index in [1.807, 2.05) is 6.20 Å². The number of alkyl halides is 6. The maximum atomic E-state index is 12.7. The van der Waals surface area contributed by atoms with Gasteiger partial charge in [0, 0.05) is 22.2 Å². The fourth-order valence-electron chi connectivity index (χ4n) is 5.64. The third-order valence-corrected chi connectivity index (χ3v) is 13.1. The van der Waals surface area contributed by atoms with Crippen LogP contribution in [-0.4, -0.2) is 55.1 Å². The minimum Gasteiger partial charge on any atom is -0.435 e. The van der Waals surface area contributed by atoms with Gasteiger partial charge in [-0.05, 0) is 115 Å². The van der Waals surface area contributed by atoms with Gasteiger partial charge in [-0.1, -0.05) is 13.8 Å². The summed E-state index contributed by atoms with van der Waals surface area (Å²) in [6.45, 7) is 3.57. The van der Waals surface area contributed by atoms with Crippen molar-refractivity contribution in [2.75, 3.05) is 11.5 Å². The minimum absolute atomic E-state index is 0.00550. The molecule has 2 saturated carbocycles. The van der Waals surface area contributed by atoms with Gasteiger partial charge in [0.05, 0.1) is 15.5 Å². The molecule has 290 valence electrons. The first-order valence-corrected chi connectivity index (χ1v) is 21.5. The van der Waals surface area contributed by atoms with Gasteiger partial charge in [0.2, 0.25) is 11.8 Å². The predicted molar refractivity (Wildman–Crippen MR) is 197 cm³/mol. The van der Waals surface area contributed by atoms with Gasteiger partial charge in [-0.3, -0.25) is 0 Å². The number of fused-ring (bicyclic) bond motifs is 2. The molecule has 2 aliphatic rings. The first-order chi connectivity index (χ1) is 26.0. The van der Waals surface area contributed by atoms with E-state index >= 15 is 0 Å². The largest absolute Gasteiger partial charge is 0.475 e. The Hall–Kier alpha value is -3.94. The van der Waals surface area contributed by atoms with Crippen molar-refractivity contribution in [1.82, 2.24) is 19.9 Å². The van der Waals surface area contributed by atoms with Gasteiger partial charge >= 0.3 is 11.0 Å². The zero-order valence-corrected chi connectivity index (χ0v) is 32.2. The van der Waals surface area contributed by atoms with Crippen molar-refractivity contribution in [3.63, 3.8) is 0 Å². The molecule has 2 aromatic carbocycles. The van der Waals surface area contributed by atoms with Crippen LogP contribution in [0.25, 0.3) is 45.4 Å². The highest BCUT2D eigenvalue weighted by Gasteiger charge is 2.38. The number of halogens is 6. The van der Waals surface area contributed by atoms with Crippen LogP contribution in [0.3, 0.4) is 0 Å². The van der Waals surface area contributed by atoms with E-state index < -0.39 is 36.5 Å². The van der Waals surface area contributed by atoms with E-state index in [0.717, 1.165) is 41.2 Å². The standard InChI is InChI=1S/C18H15F3N2O4S2.C18H15F3N2OS2/c1-2-29(25,26)15-7-11(10-3-4-10)9-22-16(15)17-23-13-8-12(5-6-14(13)27-17)28(24)18(19,20)21;1-2-25-15-7-11(10-3-4-10)9-22-16(15)17-23-13-8-12(26-18(19,20)21)5-6-14(13)24-17/h5-10H,2-4H2,1H3;5-10H,2-4H2,1H3. The molecule has 0 radical (unpaired) electrons. The molecule has 0 amide bonds. The Bertz CT molecular complexity index is 2530. The Morgan fingerprint density at radius 1 is 0.782 bits per heavy atom. The molecule has 0 saturated heterocycles. The second kappa shape index (κ2) is 15.2. The second-order valence-electron chi connectivity index (χ2n) is 12.7. The smallest absolute Gasteiger partial charge is 0.435 e. The second-order valence-corrected chi connectivity index (χ2v) is 18.8. The number of aromatic nitrogens is 4. The fourth-order valence-corrected chi connectivity index (χ4v) is 8.76. The van der Waals surface area contributed by atoms with E-state index in [2.05, 4.69) is 32.9 Å². The number of oxazole rings is 2. The molecule has 8 rings (SSSR count). The van der Waals surface area contributed by atoms with Gasteiger partial charge in [0.1, 0.15) is 22.4 Å². The summed E-state index contributed by atoms with van der Waals surface area (Å²) < 4.78 is 124. The Kier molecular flexibility index (Phi) is 10.9. The van der Waals surface area contributed by atoms with Crippen molar-refractivity contribution >= 4 is 66.4 Å². The normalized spacial score (nSPS) is 15.6. The highest BCUT2D eigenvalue weighted by atomic mass is 32.2. The molecule has 19 heteroatoms. The van der Waals surface area contributed by atoms with E-state index in [0.29, 0.717) is 28.6 Å². The average molecular weight is 841 g/mol. The highest BCUT2D eigenvalue weighted by Crippen LogP contribution is 2.44. The lowest BCUT2D eigenvalue weighted by molar-refractivity contribution is -0.0385. The third kappa shape index (κ3) is 9.05. The summed E-state index contributed by atoms with van der Waals surface area (Å²) in [4.78, 5) is 17.9. The van der Waals surface area contributed by atoms with Crippen LogP contribution >= 0.6 is 23.5 Å². The van der Waals surface area contributed by atoms with Gasteiger partial charge in [0.25, 0.3) is 0 Å². The van der Waals surface area contributed by atoms with Crippen molar-refractivity contribution in [2.24, 2.45) is 0 Å². The van der Waals surface area contributed by atoms with Crippen LogP contribution in [0.2, 0.25) is 0 Å². The van der Waals surface area contributed by atoms with Crippen molar-refractivity contribution in [3.05, 3.63) is 72.1 Å². The lowest BCUT2D eigenvalue weighted by Gasteiger charge is -2.08. The number of sulfone groups is 1. The summed E-state index contributed by atoms with van der Waals surface area (Å²) in [7, 11) is -6.85. The molecule has 2 aliphatic carbocycles. The molecule has 0 aliphatic heterocycles. The Morgan fingerprint density at radius 3 is 1.91 bits per heavy atom. The summed E-state index contributed by atoms with van der Waals surface area (Å²) in [5.74, 6) is 1.83. The molecule has 4 aromatic heterocycles. The maximum absolute atomic E-state index is 12.7. The van der Waals surface area contributed by atoms with Crippen LogP contribution in [0.1, 0.15) is 62.5 Å². The Labute approximate surface area is 321 Å². The number of thioether (sulfide) groups is 2. The molecule has 1 atom stereocenters. The molecule has 1 unspecified atom stereocenters. The molecular weight excluding hydrogens is 811 g/mol. The summed E-state index contributed by atoms with van der Waals surface area (Å²) in [6.07, 6.45) is 7.75. The van der Waals surface area contributed by atoms with Crippen LogP contribution in [0.5, 0.6) is 0 Å². The maximum Gasteiger partial charge on any atom is 0.475 e. The van der Waals surface area contributed by atoms with Crippen LogP contribution in [0.4, 0.5) is 26.3 Å². The van der Waals surface area contributed by atoms with Crippen LogP contribution in [0, 0.1) is 0 Å². The molecule has 6 aromatic rings. The van der Waals surface area contributed by atoms with Gasteiger partial charge in [-0.25, -0.2) is 32.6 Å². The van der Waals surface area contributed by atoms with Crippen LogP contribution in [-0.2, 0) is 20.6 Å². The van der Waals surface area contributed by atoms with Crippen molar-refractivity contribution in [1.29, 1.82) is 0 Å². The lowest BCUT2D eigenvalue weighted by Crippen LogP contribution is -2.16. The van der Waals surface area contributed by atoms with E-state index in [9.17, 15) is 39.0 Å². The summed E-state index contributed by atoms with van der Waals surface area (Å²) in [5, 5.41) is 0. The molecule has 0 spiro atoms. The quantitative estimate of drug-likeness (QED) is 0.0965. The van der Waals surface area contributed by atoms with Gasteiger partial charge in [-0.2, -0.15) is 26.3 Å². The lowest BCUT2D eigenvalue weighted by atomic mass is 10.2. The molecule has 0 bridgehead atoms. The number of benzene rings is 2. The SMILES string of the molecule is CCS(=O)(=O)c1cc(C2CC2)cnc1-c1nc2cc(S(=O)C(F)(F)F)ccc2o1.CCSc1cc(C2CC2)cnc1-c1nc2cc(SC(F)(F)F)ccc2o1. The third-order valence-electron chi connectivity index (χ3n) is 8.64. The van der Waals surface area contributed by atoms with Gasteiger partial charge in [-0.15, -0.1) is 11.8 Å². The molecule has 9 nitrogen and oxygen atoms in total. The van der Waals surface area contributed by atoms with Gasteiger partial charge < -0.3 is 8.83 Å². The summed E-state index contributed by atoms with van der Waals surface area (Å²) >= 11 is 1.50. The zero-order chi connectivity index (χ0) is 39.3. The van der Waals surface area contributed by atoms with Gasteiger partial charge in [0.15, 0.2) is 31.8 Å². The number of pyridine rings is 2.